The summed E-state index contributed by atoms with van der Waals surface area (Å²) < 4.78 is 4.90. The minimum Gasteiger partial charge on any atom is -0.481 e. The van der Waals surface area contributed by atoms with Crippen LogP contribution in [0.4, 0.5) is 4.79 Å². The molecule has 5 nitrogen and oxygen atoms in total. The van der Waals surface area contributed by atoms with Crippen LogP contribution in [0.5, 0.6) is 0 Å². The first-order valence-corrected chi connectivity index (χ1v) is 5.75. The molecule has 0 radical (unpaired) electrons. The number of ether oxygens (including phenoxy) is 1. The molecule has 0 bridgehead atoms. The van der Waals surface area contributed by atoms with Crippen molar-refractivity contribution in [1.29, 1.82) is 0 Å². The van der Waals surface area contributed by atoms with Crippen molar-refractivity contribution in [1.82, 2.24) is 5.32 Å². The molecule has 0 fully saturated rings. The number of hydrogen-bond acceptors (Lipinski definition) is 3. The molecular weight excluding hydrogens is 210 g/mol. The van der Waals surface area contributed by atoms with Crippen LogP contribution >= 0.6 is 0 Å². The van der Waals surface area contributed by atoms with Gasteiger partial charge in [0.05, 0.1) is 13.0 Å². The summed E-state index contributed by atoms with van der Waals surface area (Å²) in [6.07, 6.45) is 2.68. The summed E-state index contributed by atoms with van der Waals surface area (Å²) in [5, 5.41) is 11.2. The number of unbranched alkanes of at least 4 members (excludes halogenated alkanes) is 1. The number of alkyl carbamates (subject to hydrolysis) is 1. The molecule has 0 rings (SSSR count). The van der Waals surface area contributed by atoms with Gasteiger partial charge >= 0.3 is 12.1 Å². The summed E-state index contributed by atoms with van der Waals surface area (Å²) in [7, 11) is 0. The van der Waals surface area contributed by atoms with E-state index < -0.39 is 12.1 Å². The molecule has 0 aromatic carbocycles. The van der Waals surface area contributed by atoms with Crippen molar-refractivity contribution >= 4 is 12.1 Å². The Hall–Kier alpha value is -1.26. The Morgan fingerprint density at radius 1 is 1.31 bits per heavy atom. The number of carboxylic acid groups (broad SMARTS) is 1. The monoisotopic (exact) mass is 231 g/mol. The minimum atomic E-state index is -0.910. The fourth-order valence-electron chi connectivity index (χ4n) is 1.30. The first-order chi connectivity index (χ1) is 7.60. The van der Waals surface area contributed by atoms with Gasteiger partial charge in [-0.05, 0) is 12.8 Å². The zero-order chi connectivity index (χ0) is 12.4. The van der Waals surface area contributed by atoms with Gasteiger partial charge in [-0.3, -0.25) is 4.79 Å². The largest absolute Gasteiger partial charge is 0.481 e. The fourth-order valence-corrected chi connectivity index (χ4v) is 1.30. The predicted octanol–water partition coefficient (Wildman–Crippen LogP) is 2.16. The molecule has 0 aromatic heterocycles. The van der Waals surface area contributed by atoms with Gasteiger partial charge < -0.3 is 15.2 Å². The standard InChI is InChI=1S/C11H21NO4/c1-3-5-7-16-11(15)12-9(6-4-2)8-10(13)14/h9H,3-8H2,1-2H3,(H,12,15)(H,13,14)/t9-/m0/s1. The first-order valence-electron chi connectivity index (χ1n) is 5.75. The van der Waals surface area contributed by atoms with Crippen molar-refractivity contribution in [3.63, 3.8) is 0 Å². The van der Waals surface area contributed by atoms with Crippen LogP contribution in [0.1, 0.15) is 46.0 Å². The third-order valence-corrected chi connectivity index (χ3v) is 2.11. The third-order valence-electron chi connectivity index (χ3n) is 2.11. The molecule has 2 N–H and O–H groups in total. The van der Waals surface area contributed by atoms with Crippen molar-refractivity contribution in [2.24, 2.45) is 0 Å². The zero-order valence-electron chi connectivity index (χ0n) is 9.99. The lowest BCUT2D eigenvalue weighted by atomic mass is 10.1. The van der Waals surface area contributed by atoms with Crippen molar-refractivity contribution in [2.75, 3.05) is 6.61 Å². The first kappa shape index (κ1) is 14.7. The molecule has 16 heavy (non-hydrogen) atoms. The molecule has 94 valence electrons. The van der Waals surface area contributed by atoms with Crippen LogP contribution in [-0.2, 0) is 9.53 Å². The van der Waals surface area contributed by atoms with Crippen molar-refractivity contribution in [3.8, 4) is 0 Å². The van der Waals surface area contributed by atoms with Gasteiger partial charge in [-0.25, -0.2) is 4.79 Å². The smallest absolute Gasteiger partial charge is 0.407 e. The quantitative estimate of drug-likeness (QED) is 0.628. The van der Waals surface area contributed by atoms with Crippen LogP contribution in [0.2, 0.25) is 0 Å². The summed E-state index contributed by atoms with van der Waals surface area (Å²) in [6, 6.07) is -0.336. The van der Waals surface area contributed by atoms with Crippen LogP contribution in [0.25, 0.3) is 0 Å². The molecule has 0 saturated heterocycles. The summed E-state index contributed by atoms with van der Waals surface area (Å²) in [6.45, 7) is 4.33. The highest BCUT2D eigenvalue weighted by molar-refractivity contribution is 5.71. The van der Waals surface area contributed by atoms with Gasteiger partial charge in [0.25, 0.3) is 0 Å². The number of aliphatic carboxylic acids is 1. The molecule has 0 aliphatic rings. The maximum absolute atomic E-state index is 11.3. The second-order valence-corrected chi connectivity index (χ2v) is 3.72. The molecule has 0 aliphatic carbocycles. The van der Waals surface area contributed by atoms with E-state index in [2.05, 4.69) is 5.32 Å². The summed E-state index contributed by atoms with van der Waals surface area (Å²) in [5.41, 5.74) is 0. The van der Waals surface area contributed by atoms with Crippen molar-refractivity contribution in [2.45, 2.75) is 52.0 Å². The van der Waals surface area contributed by atoms with E-state index in [4.69, 9.17) is 9.84 Å². The lowest BCUT2D eigenvalue weighted by molar-refractivity contribution is -0.137. The van der Waals surface area contributed by atoms with E-state index in [1.165, 1.54) is 0 Å². The maximum atomic E-state index is 11.3. The second kappa shape index (κ2) is 9.00. The number of rotatable bonds is 8. The normalized spacial score (nSPS) is 11.9. The van der Waals surface area contributed by atoms with Gasteiger partial charge in [-0.1, -0.05) is 26.7 Å². The predicted molar refractivity (Wildman–Crippen MR) is 60.3 cm³/mol. The summed E-state index contributed by atoms with van der Waals surface area (Å²) in [5.74, 6) is -0.910. The van der Waals surface area contributed by atoms with E-state index in [1.807, 2.05) is 13.8 Å². The number of carbonyl (C=O) groups excluding carboxylic acids is 1. The molecule has 5 heteroatoms. The Kier molecular flexibility index (Phi) is 8.29. The molecule has 0 unspecified atom stereocenters. The van der Waals surface area contributed by atoms with E-state index in [9.17, 15) is 9.59 Å². The average molecular weight is 231 g/mol. The Morgan fingerprint density at radius 2 is 2.00 bits per heavy atom. The van der Waals surface area contributed by atoms with Crippen molar-refractivity contribution in [3.05, 3.63) is 0 Å². The van der Waals surface area contributed by atoms with Gasteiger partial charge in [0.2, 0.25) is 0 Å². The Morgan fingerprint density at radius 3 is 2.50 bits per heavy atom. The van der Waals surface area contributed by atoms with E-state index >= 15 is 0 Å². The number of nitrogens with one attached hydrogen (secondary N) is 1. The molecule has 0 saturated carbocycles. The van der Waals surface area contributed by atoms with Crippen LogP contribution in [-0.4, -0.2) is 29.8 Å². The summed E-state index contributed by atoms with van der Waals surface area (Å²) >= 11 is 0. The SMILES string of the molecule is CCCCOC(=O)N[C@@H](CCC)CC(=O)O. The van der Waals surface area contributed by atoms with E-state index in [-0.39, 0.29) is 12.5 Å². The van der Waals surface area contributed by atoms with Gasteiger partial charge in [-0.2, -0.15) is 0 Å². The number of amides is 1. The van der Waals surface area contributed by atoms with Gasteiger partial charge in [0.15, 0.2) is 0 Å². The molecule has 0 spiro atoms. The van der Waals surface area contributed by atoms with E-state index in [0.717, 1.165) is 19.3 Å². The Bertz CT molecular complexity index is 218. The number of carbonyl (C=O) groups is 2. The molecular formula is C11H21NO4. The molecule has 1 amide bonds. The van der Waals surface area contributed by atoms with Crippen LogP contribution in [0.3, 0.4) is 0 Å². The second-order valence-electron chi connectivity index (χ2n) is 3.72. The van der Waals surface area contributed by atoms with Crippen LogP contribution < -0.4 is 5.32 Å². The molecule has 0 aromatic rings. The average Bonchev–Trinajstić information content (AvgIpc) is 2.17. The Balaban J connectivity index is 3.87. The lowest BCUT2D eigenvalue weighted by Crippen LogP contribution is -2.36. The highest BCUT2D eigenvalue weighted by atomic mass is 16.5. The number of hydrogen-bond donors (Lipinski definition) is 2. The fraction of sp³-hybridized carbons (Fsp3) is 0.818. The topological polar surface area (TPSA) is 75.6 Å². The van der Waals surface area contributed by atoms with Gasteiger partial charge in [-0.15, -0.1) is 0 Å². The van der Waals surface area contributed by atoms with Gasteiger partial charge in [0.1, 0.15) is 0 Å². The maximum Gasteiger partial charge on any atom is 0.407 e. The molecule has 1 atom stereocenters. The lowest BCUT2D eigenvalue weighted by Gasteiger charge is -2.15. The van der Waals surface area contributed by atoms with Gasteiger partial charge in [0, 0.05) is 6.04 Å². The third kappa shape index (κ3) is 8.08. The highest BCUT2D eigenvalue weighted by Crippen LogP contribution is 2.02. The highest BCUT2D eigenvalue weighted by Gasteiger charge is 2.15. The van der Waals surface area contributed by atoms with E-state index in [1.54, 1.807) is 0 Å². The number of carboxylic acids is 1. The minimum absolute atomic E-state index is 0.0588. The molecule has 0 aliphatic heterocycles. The van der Waals surface area contributed by atoms with E-state index in [0.29, 0.717) is 13.0 Å². The van der Waals surface area contributed by atoms with Crippen molar-refractivity contribution < 1.29 is 19.4 Å². The Labute approximate surface area is 96.2 Å². The zero-order valence-corrected chi connectivity index (χ0v) is 9.99. The molecule has 0 heterocycles. The van der Waals surface area contributed by atoms with Crippen LogP contribution in [0.15, 0.2) is 0 Å². The van der Waals surface area contributed by atoms with Crippen LogP contribution in [0, 0.1) is 0 Å². The summed E-state index contributed by atoms with van der Waals surface area (Å²) in [4.78, 5) is 21.8.